The Morgan fingerprint density at radius 3 is 2.76 bits per heavy atom. The molecule has 0 aliphatic heterocycles. The molecule has 0 saturated heterocycles. The summed E-state index contributed by atoms with van der Waals surface area (Å²) in [5, 5.41) is 9.35. The average molecular weight is 255 g/mol. The number of aliphatic carboxylic acids is 1. The summed E-state index contributed by atoms with van der Waals surface area (Å²) in [6.07, 6.45) is 2.03. The van der Waals surface area contributed by atoms with Crippen LogP contribution in [0.25, 0.3) is 0 Å². The number of hydrogen-bond acceptors (Lipinski definition) is 2. The van der Waals surface area contributed by atoms with Gasteiger partial charge >= 0.3 is 5.97 Å². The molecule has 3 nitrogen and oxygen atoms in total. The molecule has 0 aromatic heterocycles. The Bertz CT molecular complexity index is 438. The summed E-state index contributed by atoms with van der Waals surface area (Å²) in [5.74, 6) is -0.347. The first-order valence-electron chi connectivity index (χ1n) is 5.36. The van der Waals surface area contributed by atoms with E-state index in [-0.39, 0.29) is 6.61 Å². The second kappa shape index (κ2) is 6.30. The quantitative estimate of drug-likeness (QED) is 0.819. The molecular weight excluding hydrogens is 240 g/mol. The fraction of sp³-hybridized carbons (Fsp3) is 0.308. The van der Waals surface area contributed by atoms with Gasteiger partial charge in [-0.05, 0) is 37.1 Å². The Labute approximate surface area is 106 Å². The van der Waals surface area contributed by atoms with Crippen molar-refractivity contribution in [2.24, 2.45) is 0 Å². The first-order valence-corrected chi connectivity index (χ1v) is 5.73. The van der Waals surface area contributed by atoms with Crippen molar-refractivity contribution in [2.45, 2.75) is 20.3 Å². The third kappa shape index (κ3) is 4.11. The topological polar surface area (TPSA) is 46.5 Å². The molecule has 0 aliphatic carbocycles. The van der Waals surface area contributed by atoms with Crippen molar-refractivity contribution in [3.63, 3.8) is 0 Å². The van der Waals surface area contributed by atoms with E-state index in [2.05, 4.69) is 0 Å². The van der Waals surface area contributed by atoms with Gasteiger partial charge in [0.15, 0.2) is 0 Å². The maximum Gasteiger partial charge on any atom is 0.331 e. The second-order valence-electron chi connectivity index (χ2n) is 3.63. The minimum Gasteiger partial charge on any atom is -0.488 e. The third-order valence-electron chi connectivity index (χ3n) is 2.31. The Hall–Kier alpha value is -1.48. The molecule has 1 N–H and O–H groups in total. The second-order valence-corrected chi connectivity index (χ2v) is 4.04. The molecule has 17 heavy (non-hydrogen) atoms. The molecule has 0 amide bonds. The summed E-state index contributed by atoms with van der Waals surface area (Å²) in [4.78, 5) is 10.7. The zero-order valence-corrected chi connectivity index (χ0v) is 10.6. The smallest absolute Gasteiger partial charge is 0.331 e. The van der Waals surface area contributed by atoms with E-state index in [1.54, 1.807) is 25.1 Å². The largest absolute Gasteiger partial charge is 0.488 e. The summed E-state index contributed by atoms with van der Waals surface area (Å²) in [6, 6.07) is 5.47. The Balaban J connectivity index is 2.65. The van der Waals surface area contributed by atoms with E-state index in [0.717, 1.165) is 5.56 Å². The molecule has 1 aromatic rings. The SMILES string of the molecule is CCC(=CCOc1ccc(C)cc1Cl)C(=O)O. The number of ether oxygens (including phenoxy) is 1. The van der Waals surface area contributed by atoms with Crippen molar-refractivity contribution < 1.29 is 14.6 Å². The van der Waals surface area contributed by atoms with Gasteiger partial charge in [-0.15, -0.1) is 0 Å². The van der Waals surface area contributed by atoms with Gasteiger partial charge in [-0.1, -0.05) is 24.6 Å². The molecule has 0 fully saturated rings. The van der Waals surface area contributed by atoms with Crippen LogP contribution in [-0.4, -0.2) is 17.7 Å². The maximum atomic E-state index is 10.7. The van der Waals surface area contributed by atoms with Crippen molar-refractivity contribution in [2.75, 3.05) is 6.61 Å². The fourth-order valence-electron chi connectivity index (χ4n) is 1.34. The zero-order valence-electron chi connectivity index (χ0n) is 9.87. The lowest BCUT2D eigenvalue weighted by molar-refractivity contribution is -0.132. The van der Waals surface area contributed by atoms with Gasteiger partial charge in [0.2, 0.25) is 0 Å². The van der Waals surface area contributed by atoms with Crippen LogP contribution in [0.4, 0.5) is 0 Å². The van der Waals surface area contributed by atoms with Gasteiger partial charge in [0.05, 0.1) is 5.02 Å². The monoisotopic (exact) mass is 254 g/mol. The Morgan fingerprint density at radius 1 is 1.53 bits per heavy atom. The Morgan fingerprint density at radius 2 is 2.24 bits per heavy atom. The number of rotatable bonds is 5. The van der Waals surface area contributed by atoms with Gasteiger partial charge in [-0.25, -0.2) is 4.79 Å². The molecule has 92 valence electrons. The highest BCUT2D eigenvalue weighted by Crippen LogP contribution is 2.25. The molecule has 0 saturated carbocycles. The van der Waals surface area contributed by atoms with E-state index < -0.39 is 5.97 Å². The standard InChI is InChI=1S/C13H15ClO3/c1-3-10(13(15)16)6-7-17-12-5-4-9(2)8-11(12)14/h4-6,8H,3,7H2,1-2H3,(H,15,16). The predicted octanol–water partition coefficient (Wildman–Crippen LogP) is 3.45. The zero-order chi connectivity index (χ0) is 12.8. The van der Waals surface area contributed by atoms with Crippen LogP contribution in [0.5, 0.6) is 5.75 Å². The average Bonchev–Trinajstić information content (AvgIpc) is 2.26. The molecule has 0 spiro atoms. The number of carbonyl (C=O) groups is 1. The molecule has 0 radical (unpaired) electrons. The molecule has 0 unspecified atom stereocenters. The highest BCUT2D eigenvalue weighted by molar-refractivity contribution is 6.32. The third-order valence-corrected chi connectivity index (χ3v) is 2.61. The van der Waals surface area contributed by atoms with Crippen molar-refractivity contribution in [3.8, 4) is 5.75 Å². The van der Waals surface area contributed by atoms with Crippen LogP contribution in [-0.2, 0) is 4.79 Å². The van der Waals surface area contributed by atoms with Gasteiger partial charge in [-0.3, -0.25) is 0 Å². The van der Waals surface area contributed by atoms with E-state index in [9.17, 15) is 4.79 Å². The van der Waals surface area contributed by atoms with E-state index in [1.807, 2.05) is 13.0 Å². The van der Waals surface area contributed by atoms with Crippen LogP contribution in [0.2, 0.25) is 5.02 Å². The normalized spacial score (nSPS) is 11.4. The van der Waals surface area contributed by atoms with Gasteiger partial charge in [0.1, 0.15) is 12.4 Å². The van der Waals surface area contributed by atoms with Crippen LogP contribution in [0.15, 0.2) is 29.8 Å². The maximum absolute atomic E-state index is 10.7. The molecule has 1 rings (SSSR count). The molecule has 0 bridgehead atoms. The van der Waals surface area contributed by atoms with E-state index >= 15 is 0 Å². The van der Waals surface area contributed by atoms with Gasteiger partial charge in [-0.2, -0.15) is 0 Å². The Kier molecular flexibility index (Phi) is 5.04. The molecule has 0 atom stereocenters. The minimum absolute atomic E-state index is 0.207. The van der Waals surface area contributed by atoms with Crippen molar-refractivity contribution in [1.29, 1.82) is 0 Å². The number of benzene rings is 1. The summed E-state index contributed by atoms with van der Waals surface area (Å²) < 4.78 is 5.40. The van der Waals surface area contributed by atoms with Crippen LogP contribution in [0.1, 0.15) is 18.9 Å². The summed E-state index contributed by atoms with van der Waals surface area (Å²) in [7, 11) is 0. The molecule has 0 aliphatic rings. The predicted molar refractivity (Wildman–Crippen MR) is 67.7 cm³/mol. The highest BCUT2D eigenvalue weighted by Gasteiger charge is 2.04. The van der Waals surface area contributed by atoms with Crippen molar-refractivity contribution >= 4 is 17.6 Å². The first-order chi connectivity index (χ1) is 8.04. The van der Waals surface area contributed by atoms with E-state index in [1.165, 1.54) is 0 Å². The van der Waals surface area contributed by atoms with Gasteiger partial charge in [0, 0.05) is 5.57 Å². The number of hydrogen-bond donors (Lipinski definition) is 1. The van der Waals surface area contributed by atoms with E-state index in [4.69, 9.17) is 21.4 Å². The number of carboxylic acid groups (broad SMARTS) is 1. The van der Waals surface area contributed by atoms with Crippen LogP contribution in [0.3, 0.4) is 0 Å². The van der Waals surface area contributed by atoms with Crippen LogP contribution < -0.4 is 4.74 Å². The lowest BCUT2D eigenvalue weighted by Gasteiger charge is -2.06. The first kappa shape index (κ1) is 13.6. The van der Waals surface area contributed by atoms with Crippen LogP contribution in [0, 0.1) is 6.92 Å². The summed E-state index contributed by atoms with van der Waals surface area (Å²) in [5.41, 5.74) is 1.39. The number of carboxylic acids is 1. The van der Waals surface area contributed by atoms with Crippen LogP contribution >= 0.6 is 11.6 Å². The highest BCUT2D eigenvalue weighted by atomic mass is 35.5. The lowest BCUT2D eigenvalue weighted by Crippen LogP contribution is -2.03. The van der Waals surface area contributed by atoms with Crippen molar-refractivity contribution in [3.05, 3.63) is 40.4 Å². The van der Waals surface area contributed by atoms with Gasteiger partial charge in [0.25, 0.3) is 0 Å². The number of halogens is 1. The summed E-state index contributed by atoms with van der Waals surface area (Å²) in [6.45, 7) is 3.94. The molecular formula is C13H15ClO3. The fourth-order valence-corrected chi connectivity index (χ4v) is 1.63. The summed E-state index contributed by atoms with van der Waals surface area (Å²) >= 11 is 5.98. The van der Waals surface area contributed by atoms with Gasteiger partial charge < -0.3 is 9.84 Å². The molecule has 4 heteroatoms. The van der Waals surface area contributed by atoms with Crippen molar-refractivity contribution in [1.82, 2.24) is 0 Å². The lowest BCUT2D eigenvalue weighted by atomic mass is 10.2. The van der Waals surface area contributed by atoms with E-state index in [0.29, 0.717) is 22.8 Å². The molecule has 1 aromatic carbocycles. The minimum atomic E-state index is -0.911. The number of aryl methyl sites for hydroxylation is 1. The molecule has 0 heterocycles.